The summed E-state index contributed by atoms with van der Waals surface area (Å²) in [6, 6.07) is 11.9. The number of hydrogen-bond acceptors (Lipinski definition) is 3. The molecule has 4 nitrogen and oxygen atoms in total. The average molecular weight is 339 g/mol. The number of rotatable bonds is 6. The molecule has 3 aromatic rings. The Morgan fingerprint density at radius 2 is 2.17 bits per heavy atom. The number of benzene rings is 1. The van der Waals surface area contributed by atoms with Gasteiger partial charge in [-0.15, -0.1) is 11.3 Å². The van der Waals surface area contributed by atoms with Gasteiger partial charge >= 0.3 is 0 Å². The van der Waals surface area contributed by atoms with Crippen LogP contribution in [-0.4, -0.2) is 15.5 Å². The number of nitrogens with zero attached hydrogens (tertiary/aromatic N) is 2. The fraction of sp³-hybridized carbons (Fsp3) is 0.263. The largest absolute Gasteiger partial charge is 0.344 e. The standard InChI is InChI=1S/C19H21N3OS/c1-14(2)18(17-7-4-10-24-17)21-19(23)16-6-3-5-15(11-16)12-22-9-8-20-13-22/h3-11,13-14,18H,12H2,1-2H3,(H,21,23). The van der Waals surface area contributed by atoms with Crippen molar-refractivity contribution in [3.05, 3.63) is 76.5 Å². The first-order chi connectivity index (χ1) is 11.6. The van der Waals surface area contributed by atoms with Crippen LogP contribution in [0, 0.1) is 5.92 Å². The number of hydrogen-bond donors (Lipinski definition) is 1. The van der Waals surface area contributed by atoms with Crippen LogP contribution in [-0.2, 0) is 6.54 Å². The van der Waals surface area contributed by atoms with Crippen LogP contribution >= 0.6 is 11.3 Å². The van der Waals surface area contributed by atoms with E-state index >= 15 is 0 Å². The van der Waals surface area contributed by atoms with E-state index < -0.39 is 0 Å². The SMILES string of the molecule is CC(C)C(NC(=O)c1cccc(Cn2ccnc2)c1)c1cccs1. The zero-order valence-electron chi connectivity index (χ0n) is 13.8. The van der Waals surface area contributed by atoms with Crippen LogP contribution < -0.4 is 5.32 Å². The summed E-state index contributed by atoms with van der Waals surface area (Å²) in [4.78, 5) is 17.9. The number of carbonyl (C=O) groups excluding carboxylic acids is 1. The van der Waals surface area contributed by atoms with Crippen molar-refractivity contribution in [2.45, 2.75) is 26.4 Å². The maximum absolute atomic E-state index is 12.7. The number of thiophene rings is 1. The molecule has 0 fully saturated rings. The van der Waals surface area contributed by atoms with Crippen molar-refractivity contribution in [1.29, 1.82) is 0 Å². The molecular weight excluding hydrogens is 318 g/mol. The normalized spacial score (nSPS) is 12.3. The topological polar surface area (TPSA) is 46.9 Å². The summed E-state index contributed by atoms with van der Waals surface area (Å²) >= 11 is 1.68. The number of nitrogens with one attached hydrogen (secondary N) is 1. The predicted octanol–water partition coefficient (Wildman–Crippen LogP) is 4.12. The van der Waals surface area contributed by atoms with E-state index in [0.29, 0.717) is 18.0 Å². The average Bonchev–Trinajstić information content (AvgIpc) is 3.26. The quantitative estimate of drug-likeness (QED) is 0.734. The Kier molecular flexibility index (Phi) is 5.11. The molecule has 0 radical (unpaired) electrons. The summed E-state index contributed by atoms with van der Waals surface area (Å²) in [5, 5.41) is 5.22. The third-order valence-electron chi connectivity index (χ3n) is 3.92. The van der Waals surface area contributed by atoms with Gasteiger partial charge < -0.3 is 9.88 Å². The zero-order valence-corrected chi connectivity index (χ0v) is 14.7. The molecule has 0 saturated carbocycles. The van der Waals surface area contributed by atoms with Crippen molar-refractivity contribution in [2.24, 2.45) is 5.92 Å². The molecule has 24 heavy (non-hydrogen) atoms. The highest BCUT2D eigenvalue weighted by atomic mass is 32.1. The molecule has 1 aromatic carbocycles. The van der Waals surface area contributed by atoms with Crippen molar-refractivity contribution in [3.63, 3.8) is 0 Å². The summed E-state index contributed by atoms with van der Waals surface area (Å²) in [6.45, 7) is 4.96. The van der Waals surface area contributed by atoms with Crippen LogP contribution in [0.3, 0.4) is 0 Å². The molecule has 0 aliphatic carbocycles. The van der Waals surface area contributed by atoms with E-state index in [1.54, 1.807) is 23.9 Å². The monoisotopic (exact) mass is 339 g/mol. The van der Waals surface area contributed by atoms with Gasteiger partial charge in [0, 0.05) is 29.4 Å². The van der Waals surface area contributed by atoms with Crippen LogP contribution in [0.1, 0.15) is 40.7 Å². The van der Waals surface area contributed by atoms with Gasteiger partial charge in [-0.1, -0.05) is 32.0 Å². The van der Waals surface area contributed by atoms with Crippen molar-refractivity contribution in [1.82, 2.24) is 14.9 Å². The van der Waals surface area contributed by atoms with Crippen molar-refractivity contribution >= 4 is 17.2 Å². The van der Waals surface area contributed by atoms with Gasteiger partial charge in [-0.25, -0.2) is 4.98 Å². The molecule has 1 unspecified atom stereocenters. The Labute approximate surface area is 146 Å². The van der Waals surface area contributed by atoms with Gasteiger partial charge in [0.05, 0.1) is 12.4 Å². The van der Waals surface area contributed by atoms with E-state index in [-0.39, 0.29) is 11.9 Å². The first-order valence-electron chi connectivity index (χ1n) is 8.02. The van der Waals surface area contributed by atoms with E-state index in [1.807, 2.05) is 46.5 Å². The van der Waals surface area contributed by atoms with Crippen LogP contribution in [0.2, 0.25) is 0 Å². The minimum Gasteiger partial charge on any atom is -0.344 e. The van der Waals surface area contributed by atoms with Gasteiger partial charge in [0.15, 0.2) is 0 Å². The molecule has 0 spiro atoms. The van der Waals surface area contributed by atoms with E-state index in [1.165, 1.54) is 4.88 Å². The summed E-state index contributed by atoms with van der Waals surface area (Å²) in [5.41, 5.74) is 1.77. The fourth-order valence-electron chi connectivity index (χ4n) is 2.66. The highest BCUT2D eigenvalue weighted by Gasteiger charge is 2.20. The summed E-state index contributed by atoms with van der Waals surface area (Å²) in [7, 11) is 0. The lowest BCUT2D eigenvalue weighted by molar-refractivity contribution is 0.0926. The third-order valence-corrected chi connectivity index (χ3v) is 4.87. The molecule has 1 amide bonds. The van der Waals surface area contributed by atoms with Gasteiger partial charge in [0.2, 0.25) is 0 Å². The Bertz CT molecular complexity index is 779. The Morgan fingerprint density at radius 3 is 2.83 bits per heavy atom. The van der Waals surface area contributed by atoms with Crippen LogP contribution in [0.25, 0.3) is 0 Å². The third kappa shape index (κ3) is 3.92. The molecule has 5 heteroatoms. The molecular formula is C19H21N3OS. The second-order valence-corrected chi connectivity index (χ2v) is 7.13. The second kappa shape index (κ2) is 7.45. The predicted molar refractivity (Wildman–Crippen MR) is 97.1 cm³/mol. The molecule has 3 rings (SSSR count). The first kappa shape index (κ1) is 16.5. The lowest BCUT2D eigenvalue weighted by Crippen LogP contribution is -2.31. The maximum atomic E-state index is 12.7. The zero-order chi connectivity index (χ0) is 16.9. The van der Waals surface area contributed by atoms with Crippen LogP contribution in [0.5, 0.6) is 0 Å². The maximum Gasteiger partial charge on any atom is 0.251 e. The molecule has 1 N–H and O–H groups in total. The van der Waals surface area contributed by atoms with Crippen LogP contribution in [0.4, 0.5) is 0 Å². The molecule has 0 aliphatic rings. The minimum atomic E-state index is -0.0328. The Morgan fingerprint density at radius 1 is 1.29 bits per heavy atom. The Balaban J connectivity index is 1.74. The number of aromatic nitrogens is 2. The van der Waals surface area contributed by atoms with Crippen LogP contribution in [0.15, 0.2) is 60.5 Å². The highest BCUT2D eigenvalue weighted by Crippen LogP contribution is 2.26. The van der Waals surface area contributed by atoms with Gasteiger partial charge in [0.1, 0.15) is 0 Å². The molecule has 2 heterocycles. The van der Waals surface area contributed by atoms with Crippen molar-refractivity contribution in [3.8, 4) is 0 Å². The number of imidazole rings is 1. The fourth-order valence-corrected chi connectivity index (χ4v) is 3.61. The second-order valence-electron chi connectivity index (χ2n) is 6.15. The van der Waals surface area contributed by atoms with Crippen molar-refractivity contribution in [2.75, 3.05) is 0 Å². The minimum absolute atomic E-state index is 0.0328. The highest BCUT2D eigenvalue weighted by molar-refractivity contribution is 7.10. The molecule has 2 aromatic heterocycles. The lowest BCUT2D eigenvalue weighted by atomic mass is 10.0. The molecule has 124 valence electrons. The van der Waals surface area contributed by atoms with E-state index in [0.717, 1.165) is 5.56 Å². The molecule has 1 atom stereocenters. The van der Waals surface area contributed by atoms with Gasteiger partial charge in [-0.2, -0.15) is 0 Å². The smallest absolute Gasteiger partial charge is 0.251 e. The van der Waals surface area contributed by atoms with Crippen molar-refractivity contribution < 1.29 is 4.79 Å². The van der Waals surface area contributed by atoms with E-state index in [2.05, 4.69) is 30.2 Å². The Hall–Kier alpha value is -2.40. The van der Waals surface area contributed by atoms with Gasteiger partial charge in [0.25, 0.3) is 5.91 Å². The lowest BCUT2D eigenvalue weighted by Gasteiger charge is -2.21. The summed E-state index contributed by atoms with van der Waals surface area (Å²) < 4.78 is 1.99. The first-order valence-corrected chi connectivity index (χ1v) is 8.90. The summed E-state index contributed by atoms with van der Waals surface area (Å²) in [6.07, 6.45) is 5.45. The molecule has 0 aliphatic heterocycles. The number of carbonyl (C=O) groups is 1. The summed E-state index contributed by atoms with van der Waals surface area (Å²) in [5.74, 6) is 0.302. The molecule has 0 saturated heterocycles. The molecule has 0 bridgehead atoms. The van der Waals surface area contributed by atoms with Gasteiger partial charge in [-0.3, -0.25) is 4.79 Å². The van der Waals surface area contributed by atoms with Gasteiger partial charge in [-0.05, 0) is 35.1 Å². The van der Waals surface area contributed by atoms with E-state index in [9.17, 15) is 4.79 Å². The van der Waals surface area contributed by atoms with E-state index in [4.69, 9.17) is 0 Å². The number of amides is 1.